The first-order chi connectivity index (χ1) is 14.3. The van der Waals surface area contributed by atoms with Crippen molar-refractivity contribution in [2.75, 3.05) is 31.1 Å². The Morgan fingerprint density at radius 3 is 2.00 bits per heavy atom. The molecular formula is C27H31N2+. The van der Waals surface area contributed by atoms with Crippen molar-refractivity contribution >= 4 is 17.8 Å². The van der Waals surface area contributed by atoms with Gasteiger partial charge in [-0.2, -0.15) is 0 Å². The Labute approximate surface area is 173 Å². The maximum atomic E-state index is 2.62. The van der Waals surface area contributed by atoms with Crippen molar-refractivity contribution in [2.24, 2.45) is 0 Å². The van der Waals surface area contributed by atoms with Crippen LogP contribution < -0.4 is 20.1 Å². The first kappa shape index (κ1) is 17.5. The summed E-state index contributed by atoms with van der Waals surface area (Å²) in [6.45, 7) is 5.00. The molecule has 0 amide bonds. The molecule has 2 aromatic rings. The number of nitrogens with zero attached hydrogens (tertiary/aromatic N) is 2. The lowest BCUT2D eigenvalue weighted by Crippen LogP contribution is -2.44. The lowest BCUT2D eigenvalue weighted by molar-refractivity contribution is 0.480. The third kappa shape index (κ3) is 3.13. The van der Waals surface area contributed by atoms with Crippen LogP contribution in [0.3, 0.4) is 0 Å². The highest BCUT2D eigenvalue weighted by Gasteiger charge is 2.24. The normalized spacial score (nSPS) is 19.9. The molecular weight excluding hydrogens is 352 g/mol. The lowest BCUT2D eigenvalue weighted by Gasteiger charge is -2.37. The van der Waals surface area contributed by atoms with Gasteiger partial charge >= 0.3 is 0 Å². The summed E-state index contributed by atoms with van der Waals surface area (Å²) in [5, 5.41) is 2.95. The first-order valence-electron chi connectivity index (χ1n) is 11.7. The largest absolute Gasteiger partial charge is 0.371 e. The zero-order valence-corrected chi connectivity index (χ0v) is 17.4. The van der Waals surface area contributed by atoms with Crippen molar-refractivity contribution in [3.63, 3.8) is 0 Å². The molecule has 0 atom stereocenters. The Hall–Kier alpha value is -2.35. The summed E-state index contributed by atoms with van der Waals surface area (Å²) in [6, 6.07) is 9.76. The summed E-state index contributed by atoms with van der Waals surface area (Å²) in [7, 11) is 0. The van der Waals surface area contributed by atoms with Crippen LogP contribution in [0.15, 0.2) is 30.3 Å². The molecule has 0 saturated carbocycles. The van der Waals surface area contributed by atoms with E-state index >= 15 is 0 Å². The number of aryl methyl sites for hydroxylation is 4. The van der Waals surface area contributed by atoms with E-state index in [9.17, 15) is 0 Å². The Morgan fingerprint density at radius 2 is 1.34 bits per heavy atom. The van der Waals surface area contributed by atoms with E-state index in [0.29, 0.717) is 0 Å². The second-order valence-corrected chi connectivity index (χ2v) is 9.29. The minimum Gasteiger partial charge on any atom is -0.371 e. The molecule has 2 nitrogen and oxygen atoms in total. The lowest BCUT2D eigenvalue weighted by atomic mass is 9.90. The minimum atomic E-state index is 1.24. The highest BCUT2D eigenvalue weighted by Crippen LogP contribution is 2.36. The average molecular weight is 384 g/mol. The second-order valence-electron chi connectivity index (χ2n) is 9.29. The van der Waals surface area contributed by atoms with Gasteiger partial charge in [0.1, 0.15) is 13.1 Å². The van der Waals surface area contributed by atoms with Crippen molar-refractivity contribution in [1.82, 2.24) is 4.58 Å². The van der Waals surface area contributed by atoms with E-state index in [0.717, 1.165) is 0 Å². The van der Waals surface area contributed by atoms with Crippen LogP contribution in [0, 0.1) is 0 Å². The van der Waals surface area contributed by atoms with Crippen molar-refractivity contribution in [2.45, 2.75) is 51.4 Å². The Kier molecular flexibility index (Phi) is 4.32. The van der Waals surface area contributed by atoms with Crippen LogP contribution in [0.4, 0.5) is 5.69 Å². The Bertz CT molecular complexity index is 1050. The van der Waals surface area contributed by atoms with Crippen molar-refractivity contribution < 1.29 is 0 Å². The quantitative estimate of drug-likeness (QED) is 0.722. The molecule has 0 spiro atoms. The van der Waals surface area contributed by atoms with Gasteiger partial charge in [-0.25, -0.2) is 4.58 Å². The van der Waals surface area contributed by atoms with E-state index < -0.39 is 0 Å². The van der Waals surface area contributed by atoms with Crippen molar-refractivity contribution in [3.8, 4) is 0 Å². The Morgan fingerprint density at radius 1 is 0.724 bits per heavy atom. The van der Waals surface area contributed by atoms with Gasteiger partial charge in [0.05, 0.1) is 0 Å². The van der Waals surface area contributed by atoms with Gasteiger partial charge in [0.15, 0.2) is 0 Å². The molecule has 0 radical (unpaired) electrons. The second kappa shape index (κ2) is 7.16. The van der Waals surface area contributed by atoms with Gasteiger partial charge in [0.2, 0.25) is 5.36 Å². The smallest absolute Gasteiger partial charge is 0.206 e. The van der Waals surface area contributed by atoms with Gasteiger partial charge in [-0.1, -0.05) is 18.2 Å². The van der Waals surface area contributed by atoms with Crippen LogP contribution in [-0.2, 0) is 25.7 Å². The standard InChI is InChI=1S/C27H31N2/c1(6-20-16-22-8-2-12-28-13-3-9-23(17-20)26(22)28)7-21-18-24-10-4-14-29-15-5-11-25(19-21)27(24)29/h1,6-7,16-19H,2-5,8-15H2/q+1. The van der Waals surface area contributed by atoms with E-state index in [4.69, 9.17) is 0 Å². The van der Waals surface area contributed by atoms with Crippen LogP contribution in [-0.4, -0.2) is 26.2 Å². The molecule has 29 heavy (non-hydrogen) atoms. The zero-order chi connectivity index (χ0) is 19.2. The molecule has 2 heteroatoms. The molecule has 4 heterocycles. The van der Waals surface area contributed by atoms with Gasteiger partial charge in [-0.3, -0.25) is 0 Å². The molecule has 0 fully saturated rings. The van der Waals surface area contributed by atoms with Crippen molar-refractivity contribution in [3.05, 3.63) is 68.7 Å². The van der Waals surface area contributed by atoms with E-state index in [2.05, 4.69) is 52.0 Å². The number of benzene rings is 2. The van der Waals surface area contributed by atoms with Crippen LogP contribution in [0.1, 0.15) is 53.5 Å². The third-order valence-electron chi connectivity index (χ3n) is 7.29. The molecule has 4 aliphatic rings. The number of anilines is 1. The van der Waals surface area contributed by atoms with Gasteiger partial charge in [0.25, 0.3) is 0 Å². The molecule has 0 unspecified atom stereocenters. The summed E-state index contributed by atoms with van der Waals surface area (Å²) < 4.78 is 2.62. The van der Waals surface area contributed by atoms with Crippen LogP contribution in [0.2, 0.25) is 0 Å². The van der Waals surface area contributed by atoms with E-state index in [1.807, 2.05) is 0 Å². The van der Waals surface area contributed by atoms with E-state index in [-0.39, 0.29) is 0 Å². The first-order valence-corrected chi connectivity index (χ1v) is 11.7. The van der Waals surface area contributed by atoms with Gasteiger partial charge in [0, 0.05) is 42.7 Å². The zero-order valence-electron chi connectivity index (χ0n) is 17.4. The highest BCUT2D eigenvalue weighted by molar-refractivity contribution is 5.69. The van der Waals surface area contributed by atoms with Crippen LogP contribution in [0.5, 0.6) is 0 Å². The predicted octanol–water partition coefficient (Wildman–Crippen LogP) is 3.26. The van der Waals surface area contributed by atoms with Crippen LogP contribution >= 0.6 is 0 Å². The van der Waals surface area contributed by atoms with E-state index in [1.165, 1.54) is 88.3 Å². The molecule has 0 aliphatic carbocycles. The van der Waals surface area contributed by atoms with Gasteiger partial charge in [-0.05, 0) is 84.7 Å². The summed E-state index contributed by atoms with van der Waals surface area (Å²) in [4.78, 5) is 2.62. The van der Waals surface area contributed by atoms with Gasteiger partial charge in [-0.15, -0.1) is 0 Å². The summed E-state index contributed by atoms with van der Waals surface area (Å²) in [6.07, 6.45) is 17.1. The number of allylic oxidation sites excluding steroid dienone is 1. The summed E-state index contributed by atoms with van der Waals surface area (Å²) in [5.74, 6) is 0. The number of rotatable bonds is 2. The van der Waals surface area contributed by atoms with E-state index in [1.54, 1.807) is 33.3 Å². The fourth-order valence-corrected chi connectivity index (χ4v) is 6.12. The van der Waals surface area contributed by atoms with Gasteiger partial charge < -0.3 is 4.90 Å². The molecule has 0 saturated heterocycles. The molecule has 4 aliphatic heterocycles. The highest BCUT2D eigenvalue weighted by atomic mass is 15.1. The molecule has 0 bridgehead atoms. The third-order valence-corrected chi connectivity index (χ3v) is 7.29. The summed E-state index contributed by atoms with van der Waals surface area (Å²) in [5.41, 5.74) is 9.25. The monoisotopic (exact) mass is 383 g/mol. The molecule has 148 valence electrons. The minimum absolute atomic E-state index is 1.24. The molecule has 2 aromatic carbocycles. The fraction of sp³-hybridized carbons (Fsp3) is 0.444. The average Bonchev–Trinajstić information content (AvgIpc) is 2.75. The molecule has 0 N–H and O–H groups in total. The molecule has 6 rings (SSSR count). The fourth-order valence-electron chi connectivity index (χ4n) is 6.12. The maximum absolute atomic E-state index is 2.62. The predicted molar refractivity (Wildman–Crippen MR) is 122 cm³/mol. The number of hydrogen-bond donors (Lipinski definition) is 0. The molecule has 0 aromatic heterocycles. The maximum Gasteiger partial charge on any atom is 0.206 e. The SMILES string of the molecule is C(/C=C/c1cc2c3c(c1)CCCN3CCC2)=c1cc2c3c(c1)CCC[N+]=3CCC2. The summed E-state index contributed by atoms with van der Waals surface area (Å²) >= 11 is 0. The van der Waals surface area contributed by atoms with Crippen LogP contribution in [0.25, 0.3) is 12.2 Å². The number of hydrogen-bond acceptors (Lipinski definition) is 1. The van der Waals surface area contributed by atoms with Crippen molar-refractivity contribution in [1.29, 1.82) is 0 Å². The Balaban J connectivity index is 1.35. The topological polar surface area (TPSA) is 6.25 Å².